The molecule has 0 saturated carbocycles. The number of methoxy groups -OCH3 is 1. The zero-order chi connectivity index (χ0) is 19.6. The molecule has 9 heteroatoms. The molecule has 27 heavy (non-hydrogen) atoms. The van der Waals surface area contributed by atoms with Crippen LogP contribution in [0.4, 0.5) is 11.4 Å². The molecule has 1 amide bonds. The highest BCUT2D eigenvalue weighted by atomic mass is 79.9. The maximum atomic E-state index is 12.5. The molecule has 8 nitrogen and oxygen atoms in total. The second kappa shape index (κ2) is 7.75. The summed E-state index contributed by atoms with van der Waals surface area (Å²) in [6, 6.07) is 11.1. The third-order valence-corrected chi connectivity index (χ3v) is 4.85. The average Bonchev–Trinajstić information content (AvgIpc) is 3.04. The molecular formula is C18H15BrN2O6. The molecule has 1 unspecified atom stereocenters. The van der Waals surface area contributed by atoms with Crippen molar-refractivity contribution in [3.8, 4) is 11.5 Å². The van der Waals surface area contributed by atoms with E-state index in [1.165, 1.54) is 30.2 Å². The van der Waals surface area contributed by atoms with Gasteiger partial charge < -0.3 is 14.4 Å². The van der Waals surface area contributed by atoms with E-state index in [-0.39, 0.29) is 36.1 Å². The number of hydrogen-bond donors (Lipinski definition) is 0. The van der Waals surface area contributed by atoms with E-state index in [4.69, 9.17) is 9.47 Å². The van der Waals surface area contributed by atoms with Crippen LogP contribution >= 0.6 is 15.9 Å². The number of nitrogens with zero attached hydrogens (tertiary/aromatic N) is 2. The summed E-state index contributed by atoms with van der Waals surface area (Å²) < 4.78 is 10.9. The molecule has 0 aliphatic carbocycles. The highest BCUT2D eigenvalue weighted by Gasteiger charge is 2.37. The Labute approximate surface area is 163 Å². The van der Waals surface area contributed by atoms with Crippen LogP contribution in [-0.2, 0) is 9.59 Å². The van der Waals surface area contributed by atoms with E-state index in [9.17, 15) is 19.7 Å². The normalized spacial score (nSPS) is 16.3. The molecular weight excluding hydrogens is 420 g/mol. The fraction of sp³-hybridized carbons (Fsp3) is 0.222. The number of anilines is 1. The van der Waals surface area contributed by atoms with Gasteiger partial charge in [-0.15, -0.1) is 0 Å². The van der Waals surface area contributed by atoms with Gasteiger partial charge in [-0.1, -0.05) is 12.1 Å². The smallest absolute Gasteiger partial charge is 0.316 e. The number of nitro groups is 1. The number of nitro benzene ring substituents is 1. The molecule has 1 aliphatic heterocycles. The quantitative estimate of drug-likeness (QED) is 0.309. The second-order valence-corrected chi connectivity index (χ2v) is 6.72. The highest BCUT2D eigenvalue weighted by Crippen LogP contribution is 2.34. The molecule has 1 saturated heterocycles. The first kappa shape index (κ1) is 18.8. The first-order valence-corrected chi connectivity index (χ1v) is 8.79. The zero-order valence-corrected chi connectivity index (χ0v) is 15.8. The topological polar surface area (TPSA) is 99.0 Å². The van der Waals surface area contributed by atoms with Crippen molar-refractivity contribution in [1.29, 1.82) is 0 Å². The van der Waals surface area contributed by atoms with Gasteiger partial charge in [0.25, 0.3) is 0 Å². The summed E-state index contributed by atoms with van der Waals surface area (Å²) in [5, 5.41) is 11.2. The number of hydrogen-bond acceptors (Lipinski definition) is 6. The minimum absolute atomic E-state index is 0.0237. The third-order valence-electron chi connectivity index (χ3n) is 4.17. The van der Waals surface area contributed by atoms with Crippen LogP contribution in [-0.4, -0.2) is 30.5 Å². The molecule has 2 aromatic rings. The largest absolute Gasteiger partial charge is 0.496 e. The molecule has 2 aromatic carbocycles. The molecule has 1 atom stereocenters. The lowest BCUT2D eigenvalue weighted by atomic mass is 10.1. The SMILES string of the molecule is COc1ccc(OC(=O)C2CC(=O)N(c3ccccc3Br)C2)c([N+](=O)[O-])c1. The molecule has 3 rings (SSSR count). The Bertz CT molecular complexity index is 916. The summed E-state index contributed by atoms with van der Waals surface area (Å²) >= 11 is 3.39. The summed E-state index contributed by atoms with van der Waals surface area (Å²) in [4.78, 5) is 36.9. The van der Waals surface area contributed by atoms with E-state index in [0.29, 0.717) is 5.69 Å². The van der Waals surface area contributed by atoms with Gasteiger partial charge >= 0.3 is 11.7 Å². The van der Waals surface area contributed by atoms with E-state index in [1.54, 1.807) is 18.2 Å². The van der Waals surface area contributed by atoms with Crippen molar-refractivity contribution in [2.24, 2.45) is 5.92 Å². The number of esters is 1. The van der Waals surface area contributed by atoms with Crippen molar-refractivity contribution in [1.82, 2.24) is 0 Å². The van der Waals surface area contributed by atoms with E-state index < -0.39 is 16.8 Å². The van der Waals surface area contributed by atoms with Crippen molar-refractivity contribution in [2.45, 2.75) is 6.42 Å². The van der Waals surface area contributed by atoms with Crippen molar-refractivity contribution in [3.05, 3.63) is 57.1 Å². The predicted octanol–water partition coefficient (Wildman–Crippen LogP) is 3.32. The fourth-order valence-corrected chi connectivity index (χ4v) is 3.31. The predicted molar refractivity (Wildman–Crippen MR) is 99.9 cm³/mol. The molecule has 0 radical (unpaired) electrons. The second-order valence-electron chi connectivity index (χ2n) is 5.87. The number of para-hydroxylation sites is 1. The molecule has 0 spiro atoms. The molecule has 1 aliphatic rings. The molecule has 140 valence electrons. The van der Waals surface area contributed by atoms with Crippen molar-refractivity contribution >= 4 is 39.2 Å². The number of carbonyl (C=O) groups excluding carboxylic acids is 2. The van der Waals surface area contributed by atoms with Crippen LogP contribution in [0.3, 0.4) is 0 Å². The number of rotatable bonds is 5. The van der Waals surface area contributed by atoms with Crippen LogP contribution in [0.15, 0.2) is 46.9 Å². The average molecular weight is 435 g/mol. The monoisotopic (exact) mass is 434 g/mol. The van der Waals surface area contributed by atoms with Crippen molar-refractivity contribution in [2.75, 3.05) is 18.6 Å². The number of benzene rings is 2. The number of carbonyl (C=O) groups is 2. The van der Waals surface area contributed by atoms with Gasteiger partial charge in [-0.05, 0) is 40.2 Å². The van der Waals surface area contributed by atoms with Crippen LogP contribution in [0, 0.1) is 16.0 Å². The van der Waals surface area contributed by atoms with Gasteiger partial charge in [0.15, 0.2) is 0 Å². The third kappa shape index (κ3) is 3.92. The molecule has 0 aromatic heterocycles. The Balaban J connectivity index is 1.77. The Hall–Kier alpha value is -2.94. The number of ether oxygens (including phenoxy) is 2. The van der Waals surface area contributed by atoms with Crippen molar-refractivity contribution < 1.29 is 24.0 Å². The van der Waals surface area contributed by atoms with Gasteiger partial charge in [0.1, 0.15) is 5.75 Å². The van der Waals surface area contributed by atoms with Gasteiger partial charge in [-0.3, -0.25) is 19.7 Å². The van der Waals surface area contributed by atoms with Crippen LogP contribution in [0.1, 0.15) is 6.42 Å². The fourth-order valence-electron chi connectivity index (χ4n) is 2.81. The van der Waals surface area contributed by atoms with Crippen LogP contribution < -0.4 is 14.4 Å². The van der Waals surface area contributed by atoms with E-state index in [2.05, 4.69) is 15.9 Å². The van der Waals surface area contributed by atoms with Gasteiger partial charge in [-0.2, -0.15) is 0 Å². The van der Waals surface area contributed by atoms with E-state index >= 15 is 0 Å². The lowest BCUT2D eigenvalue weighted by Gasteiger charge is -2.18. The van der Waals surface area contributed by atoms with Gasteiger partial charge in [0, 0.05) is 17.4 Å². The molecule has 0 N–H and O–H groups in total. The molecule has 1 heterocycles. The Morgan fingerprint density at radius 3 is 2.70 bits per heavy atom. The van der Waals surface area contributed by atoms with E-state index in [1.807, 2.05) is 6.07 Å². The van der Waals surface area contributed by atoms with Gasteiger partial charge in [-0.25, -0.2) is 0 Å². The maximum absolute atomic E-state index is 12.5. The Kier molecular flexibility index (Phi) is 5.41. The van der Waals surface area contributed by atoms with Crippen LogP contribution in [0.5, 0.6) is 11.5 Å². The van der Waals surface area contributed by atoms with Crippen LogP contribution in [0.25, 0.3) is 0 Å². The first-order valence-electron chi connectivity index (χ1n) is 7.99. The Morgan fingerprint density at radius 1 is 1.30 bits per heavy atom. The minimum atomic E-state index is -0.716. The van der Waals surface area contributed by atoms with Gasteiger partial charge in [0.2, 0.25) is 11.7 Å². The van der Waals surface area contributed by atoms with Crippen LogP contribution in [0.2, 0.25) is 0 Å². The standard InChI is InChI=1S/C18H15BrN2O6/c1-26-12-6-7-16(15(9-12)21(24)25)27-18(23)11-8-17(22)20(10-11)14-5-3-2-4-13(14)19/h2-7,9,11H,8,10H2,1H3. The zero-order valence-electron chi connectivity index (χ0n) is 14.3. The summed E-state index contributed by atoms with van der Waals surface area (Å²) in [6.07, 6.45) is -0.0237. The highest BCUT2D eigenvalue weighted by molar-refractivity contribution is 9.10. The maximum Gasteiger partial charge on any atom is 0.316 e. The van der Waals surface area contributed by atoms with Crippen molar-refractivity contribution in [3.63, 3.8) is 0 Å². The minimum Gasteiger partial charge on any atom is -0.496 e. The summed E-state index contributed by atoms with van der Waals surface area (Å²) in [5.74, 6) is -1.53. The number of halogens is 1. The number of amides is 1. The summed E-state index contributed by atoms with van der Waals surface area (Å²) in [7, 11) is 1.38. The summed E-state index contributed by atoms with van der Waals surface area (Å²) in [5.41, 5.74) is 0.280. The summed E-state index contributed by atoms with van der Waals surface area (Å²) in [6.45, 7) is 0.143. The van der Waals surface area contributed by atoms with Gasteiger partial charge in [0.05, 0.1) is 29.7 Å². The lowest BCUT2D eigenvalue weighted by Crippen LogP contribution is -2.27. The molecule has 1 fully saturated rings. The lowest BCUT2D eigenvalue weighted by molar-refractivity contribution is -0.385. The Morgan fingerprint density at radius 2 is 2.04 bits per heavy atom. The molecule has 0 bridgehead atoms. The van der Waals surface area contributed by atoms with E-state index in [0.717, 1.165) is 4.47 Å². The first-order chi connectivity index (χ1) is 12.9.